The summed E-state index contributed by atoms with van der Waals surface area (Å²) in [6, 6.07) is 18.8. The Morgan fingerprint density at radius 3 is 2.31 bits per heavy atom. The van der Waals surface area contributed by atoms with Gasteiger partial charge in [0.1, 0.15) is 28.2 Å². The summed E-state index contributed by atoms with van der Waals surface area (Å²) in [4.78, 5) is 43.3. The molecule has 2 amide bonds. The van der Waals surface area contributed by atoms with Crippen LogP contribution >= 0.6 is 0 Å². The monoisotopic (exact) mass is 947 g/mol. The number of ether oxygens (including phenoxy) is 4. The fourth-order valence-electron chi connectivity index (χ4n) is 9.13. The van der Waals surface area contributed by atoms with Gasteiger partial charge in [-0.05, 0) is 82.9 Å². The highest BCUT2D eigenvalue weighted by Gasteiger charge is 2.44. The van der Waals surface area contributed by atoms with Gasteiger partial charge in [0.25, 0.3) is 11.8 Å². The Morgan fingerprint density at radius 2 is 1.59 bits per heavy atom. The summed E-state index contributed by atoms with van der Waals surface area (Å²) in [6.07, 6.45) is 16.2. The summed E-state index contributed by atoms with van der Waals surface area (Å²) in [5.74, 6) is -0.211. The Hall–Kier alpha value is -5.97. The maximum atomic E-state index is 12.4. The predicted molar refractivity (Wildman–Crippen MR) is 259 cm³/mol. The highest BCUT2D eigenvalue weighted by atomic mass is 32.2. The van der Waals surface area contributed by atoms with Crippen LogP contribution in [-0.2, 0) is 49.0 Å². The molecule has 7 rings (SSSR count). The molecule has 0 atom stereocenters. The van der Waals surface area contributed by atoms with Crippen molar-refractivity contribution < 1.29 is 55.7 Å². The van der Waals surface area contributed by atoms with Crippen molar-refractivity contribution in [3.05, 3.63) is 125 Å². The van der Waals surface area contributed by atoms with Gasteiger partial charge in [-0.15, -0.1) is 5.06 Å². The zero-order chi connectivity index (χ0) is 48.6. The minimum absolute atomic E-state index is 0.0307. The molecule has 15 heteroatoms. The third-order valence-electron chi connectivity index (χ3n) is 12.6. The Morgan fingerprint density at radius 1 is 0.868 bits per heavy atom. The van der Waals surface area contributed by atoms with Gasteiger partial charge >= 0.3 is 5.97 Å². The summed E-state index contributed by atoms with van der Waals surface area (Å²) in [5.41, 5.74) is 7.69. The van der Waals surface area contributed by atoms with Gasteiger partial charge in [-0.2, -0.15) is 4.58 Å². The summed E-state index contributed by atoms with van der Waals surface area (Å²) in [7, 11) is -3.04. The number of unbranched alkanes of at least 4 members (excludes halogenated alkanes) is 2. The number of hydrogen-bond donors (Lipinski definition) is 0. The molecule has 4 aliphatic heterocycles. The van der Waals surface area contributed by atoms with Crippen molar-refractivity contribution in [2.45, 2.75) is 89.0 Å². The second kappa shape index (κ2) is 21.5. The molecule has 0 unspecified atom stereocenters. The molecule has 360 valence electrons. The predicted octanol–water partition coefficient (Wildman–Crippen LogP) is 8.45. The van der Waals surface area contributed by atoms with Crippen LogP contribution in [0.15, 0.2) is 108 Å². The maximum absolute atomic E-state index is 12.4. The van der Waals surface area contributed by atoms with Crippen LogP contribution in [0, 0.1) is 0 Å². The van der Waals surface area contributed by atoms with E-state index in [-0.39, 0.29) is 29.7 Å². The molecule has 0 aliphatic carbocycles. The smallest absolute Gasteiger partial charge is 0.333 e. The maximum Gasteiger partial charge on any atom is 0.333 e. The van der Waals surface area contributed by atoms with Crippen molar-refractivity contribution in [2.75, 3.05) is 58.1 Å². The zero-order valence-corrected chi connectivity index (χ0v) is 40.6. The van der Waals surface area contributed by atoms with Crippen molar-refractivity contribution in [3.8, 4) is 5.75 Å². The molecule has 14 nitrogen and oxygen atoms in total. The van der Waals surface area contributed by atoms with E-state index in [2.05, 4.69) is 60.6 Å². The summed E-state index contributed by atoms with van der Waals surface area (Å²) >= 11 is 0. The van der Waals surface area contributed by atoms with E-state index in [1.807, 2.05) is 68.5 Å². The van der Waals surface area contributed by atoms with Crippen LogP contribution in [0.4, 0.5) is 11.4 Å². The third kappa shape index (κ3) is 11.5. The van der Waals surface area contributed by atoms with Gasteiger partial charge < -0.3 is 33.2 Å². The average Bonchev–Trinajstić information content (AvgIpc) is 3.72. The van der Waals surface area contributed by atoms with Crippen LogP contribution in [0.25, 0.3) is 16.9 Å². The number of nitrogens with zero attached hydrogens (tertiary/aromatic N) is 3. The van der Waals surface area contributed by atoms with Crippen LogP contribution in [0.3, 0.4) is 0 Å². The summed E-state index contributed by atoms with van der Waals surface area (Å²) in [5, 5.41) is 0.560. The molecule has 0 saturated carbocycles. The SMILES string of the molecule is COCCOCCOCCN1c2cc3c(cc2C(C)=CC1(C)C)/C(=C/C=C/C=C/C1=[N+](CCCCCC(=O)ON2C(=O)CCC2=O)c2ccc(S(=O)(=O)[O-])cc2C1(C)C)C=C(c1ccccc1)O3. The van der Waals surface area contributed by atoms with Crippen LogP contribution in [0.2, 0.25) is 0 Å². The number of amides is 2. The lowest BCUT2D eigenvalue weighted by molar-refractivity contribution is -0.438. The first kappa shape index (κ1) is 49.9. The van der Waals surface area contributed by atoms with E-state index >= 15 is 0 Å². The molecule has 0 bridgehead atoms. The summed E-state index contributed by atoms with van der Waals surface area (Å²) < 4.78 is 61.8. The molecule has 4 aliphatic rings. The van der Waals surface area contributed by atoms with E-state index in [1.54, 1.807) is 13.2 Å². The molecule has 0 radical (unpaired) electrons. The Labute approximate surface area is 399 Å². The zero-order valence-electron chi connectivity index (χ0n) is 39.7. The first-order valence-corrected chi connectivity index (χ1v) is 24.5. The van der Waals surface area contributed by atoms with E-state index in [9.17, 15) is 27.4 Å². The van der Waals surface area contributed by atoms with Crippen molar-refractivity contribution in [3.63, 3.8) is 0 Å². The number of methoxy groups -OCH3 is 1. The second-order valence-corrected chi connectivity index (χ2v) is 19.6. The number of hydroxylamine groups is 2. The van der Waals surface area contributed by atoms with Crippen molar-refractivity contribution in [1.82, 2.24) is 5.06 Å². The number of fused-ring (bicyclic) bond motifs is 3. The number of rotatable bonds is 21. The minimum atomic E-state index is -4.70. The number of benzene rings is 3. The molecule has 0 spiro atoms. The van der Waals surface area contributed by atoms with Crippen LogP contribution in [-0.4, -0.2) is 105 Å². The number of carbonyl (C=O) groups excluding carboxylic acids is 3. The average molecular weight is 948 g/mol. The van der Waals surface area contributed by atoms with Gasteiger partial charge in [-0.25, -0.2) is 13.2 Å². The van der Waals surface area contributed by atoms with Gasteiger partial charge in [-0.3, -0.25) is 9.59 Å². The number of hydrogen-bond acceptors (Lipinski definition) is 12. The van der Waals surface area contributed by atoms with Gasteiger partial charge in [0.05, 0.1) is 48.9 Å². The van der Waals surface area contributed by atoms with E-state index in [0.29, 0.717) is 76.0 Å². The molecule has 1 fully saturated rings. The number of anilines is 1. The topological polar surface area (TPSA) is 164 Å². The number of carbonyl (C=O) groups is 3. The Kier molecular flexibility index (Phi) is 15.8. The van der Waals surface area contributed by atoms with Crippen LogP contribution in [0.5, 0.6) is 5.75 Å². The van der Waals surface area contributed by atoms with Gasteiger partial charge in [0.15, 0.2) is 5.71 Å². The summed E-state index contributed by atoms with van der Waals surface area (Å²) in [6.45, 7) is 14.4. The van der Waals surface area contributed by atoms with E-state index in [0.717, 1.165) is 50.9 Å². The molecule has 0 N–H and O–H groups in total. The molecular weight excluding hydrogens is 887 g/mol. The number of imide groups is 1. The van der Waals surface area contributed by atoms with E-state index in [4.69, 9.17) is 23.8 Å². The first-order chi connectivity index (χ1) is 32.5. The van der Waals surface area contributed by atoms with Gasteiger partial charge in [-0.1, -0.05) is 60.7 Å². The third-order valence-corrected chi connectivity index (χ3v) is 13.4. The molecule has 1 saturated heterocycles. The van der Waals surface area contributed by atoms with Crippen molar-refractivity contribution >= 4 is 61.9 Å². The number of allylic oxidation sites excluding steroid dienone is 8. The standard InChI is InChI=1S/C53H61N3O11S/c1-37-36-52(2,3)55(26-27-64-30-31-65-29-28-63-6)45-35-47-42(34-41(37)45)39(32-46(66-47)38-16-10-7-11-17-38)18-12-8-13-19-48-53(4,5)43-33-40(68(60,61)62)21-22-44(43)54(48)25-15-9-14-20-51(59)67-56-49(57)23-24-50(56)58/h7-8,10-13,16-19,21-22,32-36H,9,14-15,20,23-31H2,1-6H3. The molecule has 3 aromatic carbocycles. The quantitative estimate of drug-likeness (QED) is 0.0330. The fourth-order valence-corrected chi connectivity index (χ4v) is 9.63. The first-order valence-electron chi connectivity index (χ1n) is 23.1. The fraction of sp³-hybridized carbons (Fsp3) is 0.396. The highest BCUT2D eigenvalue weighted by Crippen LogP contribution is 2.47. The van der Waals surface area contributed by atoms with E-state index < -0.39 is 33.3 Å². The highest BCUT2D eigenvalue weighted by molar-refractivity contribution is 7.85. The Bertz CT molecular complexity index is 2700. The van der Waals surface area contributed by atoms with Gasteiger partial charge in [0.2, 0.25) is 5.69 Å². The molecule has 4 heterocycles. The molecule has 0 aromatic heterocycles. The minimum Gasteiger partial charge on any atom is -0.744 e. The van der Waals surface area contributed by atoms with Crippen LogP contribution in [0.1, 0.15) is 95.4 Å². The lowest BCUT2D eigenvalue weighted by Gasteiger charge is -2.44. The van der Waals surface area contributed by atoms with Gasteiger partial charge in [0, 0.05) is 85.5 Å². The lowest BCUT2D eigenvalue weighted by Crippen LogP contribution is -2.46. The molecule has 3 aromatic rings. The largest absolute Gasteiger partial charge is 0.744 e. The normalized spacial score (nSPS) is 18.0. The van der Waals surface area contributed by atoms with Crippen molar-refractivity contribution in [1.29, 1.82) is 0 Å². The molecular formula is C53H61N3O11S. The van der Waals surface area contributed by atoms with Crippen molar-refractivity contribution in [2.24, 2.45) is 0 Å². The van der Waals surface area contributed by atoms with E-state index in [1.165, 1.54) is 17.7 Å². The van der Waals surface area contributed by atoms with Crippen LogP contribution < -0.4 is 9.64 Å². The second-order valence-electron chi connectivity index (χ2n) is 18.2. The molecule has 68 heavy (non-hydrogen) atoms. The lowest BCUT2D eigenvalue weighted by atomic mass is 9.81. The Balaban J connectivity index is 1.13.